The Morgan fingerprint density at radius 2 is 1.55 bits per heavy atom. The number of ether oxygens (including phenoxy) is 3. The highest BCUT2D eigenvalue weighted by Crippen LogP contribution is 2.40. The molecule has 5 amide bonds. The van der Waals surface area contributed by atoms with Crippen molar-refractivity contribution >= 4 is 29.5 Å². The summed E-state index contributed by atoms with van der Waals surface area (Å²) in [7, 11) is 1.32. The molecule has 1 aliphatic rings. The van der Waals surface area contributed by atoms with Crippen molar-refractivity contribution < 1.29 is 47.0 Å². The minimum Gasteiger partial charge on any atom is -0.494 e. The second-order valence-electron chi connectivity index (χ2n) is 14.6. The van der Waals surface area contributed by atoms with E-state index >= 15 is 0 Å². The van der Waals surface area contributed by atoms with Crippen LogP contribution in [-0.4, -0.2) is 99.6 Å². The van der Waals surface area contributed by atoms with Crippen LogP contribution in [0.5, 0.6) is 17.2 Å². The third kappa shape index (κ3) is 13.3. The molecule has 334 valence electrons. The SMILES string of the molecule is CCCCCCCOc1ccc(C(=O)NCC(=O)N(C)C2C(=O)N[C@@H](C)C(=O)NC(C(=O)NCC#N)Cc3ccc(OCCN)c(c3)-c3cc2ccc3OCCN)c(C(F)F)c1. The summed E-state index contributed by atoms with van der Waals surface area (Å²) >= 11 is 0. The number of nitriles is 1. The summed E-state index contributed by atoms with van der Waals surface area (Å²) in [5, 5.41) is 19.2. The number of fused-ring (bicyclic) bond motifs is 5. The fourth-order valence-corrected chi connectivity index (χ4v) is 6.77. The lowest BCUT2D eigenvalue weighted by Gasteiger charge is -2.30. The zero-order valence-corrected chi connectivity index (χ0v) is 35.3. The van der Waals surface area contributed by atoms with Crippen LogP contribution in [-0.2, 0) is 25.6 Å². The molecular formula is C44H56F2N8O8. The van der Waals surface area contributed by atoms with Gasteiger partial charge in [0.25, 0.3) is 12.3 Å². The second-order valence-corrected chi connectivity index (χ2v) is 14.6. The molecule has 62 heavy (non-hydrogen) atoms. The number of carbonyl (C=O) groups is 5. The Balaban J connectivity index is 1.71. The fraction of sp³-hybridized carbons (Fsp3) is 0.455. The first kappa shape index (κ1) is 48.3. The monoisotopic (exact) mass is 862 g/mol. The molecule has 3 atom stereocenters. The molecule has 0 fully saturated rings. The van der Waals surface area contributed by atoms with Crippen LogP contribution in [0.2, 0.25) is 0 Å². The summed E-state index contributed by atoms with van der Waals surface area (Å²) in [4.78, 5) is 69.3. The molecule has 8 N–H and O–H groups in total. The van der Waals surface area contributed by atoms with Gasteiger partial charge in [-0.1, -0.05) is 44.7 Å². The zero-order chi connectivity index (χ0) is 45.2. The van der Waals surface area contributed by atoms with E-state index in [4.69, 9.17) is 30.9 Å². The molecule has 4 bridgehead atoms. The number of nitrogens with zero attached hydrogens (tertiary/aromatic N) is 2. The average Bonchev–Trinajstić information content (AvgIpc) is 3.26. The number of carbonyl (C=O) groups excluding carboxylic acids is 5. The maximum absolute atomic E-state index is 14.3. The molecule has 2 unspecified atom stereocenters. The molecule has 1 heterocycles. The fourth-order valence-electron chi connectivity index (χ4n) is 6.77. The van der Waals surface area contributed by atoms with Crippen molar-refractivity contribution in [1.29, 1.82) is 5.26 Å². The van der Waals surface area contributed by atoms with E-state index in [0.717, 1.165) is 43.1 Å². The van der Waals surface area contributed by atoms with Crippen molar-refractivity contribution in [2.75, 3.05) is 53.0 Å². The Bertz CT molecular complexity index is 2080. The molecule has 3 aromatic carbocycles. The first-order valence-corrected chi connectivity index (χ1v) is 20.6. The van der Waals surface area contributed by atoms with Gasteiger partial charge in [-0.25, -0.2) is 8.78 Å². The van der Waals surface area contributed by atoms with Gasteiger partial charge in [0, 0.05) is 48.8 Å². The van der Waals surface area contributed by atoms with Crippen molar-refractivity contribution in [1.82, 2.24) is 26.2 Å². The van der Waals surface area contributed by atoms with E-state index in [1.807, 2.05) is 6.07 Å². The number of unbranched alkanes of at least 4 members (excludes halogenated alkanes) is 4. The molecule has 18 heteroatoms. The van der Waals surface area contributed by atoms with Crippen molar-refractivity contribution in [3.8, 4) is 34.4 Å². The van der Waals surface area contributed by atoms with Crippen molar-refractivity contribution in [2.45, 2.75) is 76.9 Å². The third-order valence-corrected chi connectivity index (χ3v) is 10.0. The lowest BCUT2D eigenvalue weighted by atomic mass is 9.93. The summed E-state index contributed by atoms with van der Waals surface area (Å²) in [5.41, 5.74) is 12.3. The number of rotatable bonds is 20. The predicted molar refractivity (Wildman–Crippen MR) is 226 cm³/mol. The van der Waals surface area contributed by atoms with Gasteiger partial charge in [-0.2, -0.15) is 5.26 Å². The van der Waals surface area contributed by atoms with Gasteiger partial charge in [0.1, 0.15) is 55.1 Å². The molecule has 1 aliphatic heterocycles. The topological polar surface area (TPSA) is 240 Å². The van der Waals surface area contributed by atoms with Gasteiger partial charge in [0.05, 0.1) is 19.2 Å². The number of nitrogens with two attached hydrogens (primary N) is 2. The highest BCUT2D eigenvalue weighted by Gasteiger charge is 2.34. The number of nitrogens with one attached hydrogen (secondary N) is 4. The Morgan fingerprint density at radius 3 is 2.21 bits per heavy atom. The second kappa shape index (κ2) is 24.2. The van der Waals surface area contributed by atoms with E-state index in [0.29, 0.717) is 34.8 Å². The molecule has 0 radical (unpaired) electrons. The minimum absolute atomic E-state index is 0.0198. The predicted octanol–water partition coefficient (Wildman–Crippen LogP) is 3.43. The normalized spacial score (nSPS) is 16.2. The molecule has 0 aliphatic carbocycles. The van der Waals surface area contributed by atoms with Crippen LogP contribution < -0.4 is 46.9 Å². The Morgan fingerprint density at radius 1 is 0.871 bits per heavy atom. The largest absolute Gasteiger partial charge is 0.494 e. The van der Waals surface area contributed by atoms with E-state index in [-0.39, 0.29) is 56.1 Å². The quantitative estimate of drug-likeness (QED) is 0.0711. The molecule has 3 aromatic rings. The summed E-state index contributed by atoms with van der Waals surface area (Å²) in [6.45, 7) is 3.39. The van der Waals surface area contributed by atoms with Crippen molar-refractivity contribution in [3.63, 3.8) is 0 Å². The zero-order valence-electron chi connectivity index (χ0n) is 35.3. The summed E-state index contributed by atoms with van der Waals surface area (Å²) in [6.07, 6.45) is 1.87. The van der Waals surface area contributed by atoms with Gasteiger partial charge in [0.2, 0.25) is 23.6 Å². The van der Waals surface area contributed by atoms with Gasteiger partial charge in [-0.05, 0) is 66.9 Å². The smallest absolute Gasteiger partial charge is 0.264 e. The number of benzene rings is 3. The molecule has 16 nitrogen and oxygen atoms in total. The average molecular weight is 863 g/mol. The van der Waals surface area contributed by atoms with Crippen LogP contribution in [0.15, 0.2) is 54.6 Å². The van der Waals surface area contributed by atoms with Crippen LogP contribution >= 0.6 is 0 Å². The van der Waals surface area contributed by atoms with E-state index in [9.17, 15) is 32.8 Å². The molecule has 0 spiro atoms. The molecule has 0 aromatic heterocycles. The number of amides is 5. The number of likely N-dealkylation sites (N-methyl/N-ethyl adjacent to an activating group) is 1. The van der Waals surface area contributed by atoms with Crippen LogP contribution in [0.1, 0.15) is 85.5 Å². The lowest BCUT2D eigenvalue weighted by Crippen LogP contribution is -2.55. The van der Waals surface area contributed by atoms with Crippen LogP contribution in [0, 0.1) is 11.3 Å². The van der Waals surface area contributed by atoms with E-state index in [2.05, 4.69) is 28.2 Å². The summed E-state index contributed by atoms with van der Waals surface area (Å²) in [5.74, 6) is -3.04. The third-order valence-electron chi connectivity index (χ3n) is 10.0. The highest BCUT2D eigenvalue weighted by molar-refractivity contribution is 5.99. The maximum atomic E-state index is 14.3. The minimum atomic E-state index is -3.02. The van der Waals surface area contributed by atoms with Crippen molar-refractivity contribution in [2.24, 2.45) is 11.5 Å². The van der Waals surface area contributed by atoms with Crippen LogP contribution in [0.3, 0.4) is 0 Å². The van der Waals surface area contributed by atoms with Crippen LogP contribution in [0.4, 0.5) is 8.78 Å². The number of halogens is 2. The number of hydrogen-bond donors (Lipinski definition) is 6. The molecule has 0 saturated heterocycles. The Hall–Kier alpha value is -6.32. The number of alkyl halides is 2. The van der Waals surface area contributed by atoms with Gasteiger partial charge in [-0.15, -0.1) is 0 Å². The van der Waals surface area contributed by atoms with E-state index in [1.165, 1.54) is 26.1 Å². The summed E-state index contributed by atoms with van der Waals surface area (Å²) < 4.78 is 46.1. The Labute approximate surface area is 360 Å². The van der Waals surface area contributed by atoms with E-state index < -0.39 is 66.2 Å². The first-order chi connectivity index (χ1) is 29.8. The van der Waals surface area contributed by atoms with Gasteiger partial charge < -0.3 is 51.8 Å². The standard InChI is InChI=1S/C44H56F2N8O8/c1-4-5-6-7-8-19-60-30-11-12-31(34(25-30)40(45)46)42(57)51-26-38(55)54(3)39-29-10-14-37(62-21-17-49)33(24-29)32-22-28(9-13-36(32)61-20-16-48)23-35(43(58)50-18-15-47)53-41(56)27(2)52-44(39)59/h9-14,22,24-25,27,35,39-40H,4-8,16-21,23,26,48-49H2,1-3H3,(H,50,58)(H,51,57)(H,52,59)(H,53,56)/t27-,35?,39?/m0/s1. The van der Waals surface area contributed by atoms with E-state index in [1.54, 1.807) is 36.4 Å². The van der Waals surface area contributed by atoms with Gasteiger partial charge >= 0.3 is 0 Å². The van der Waals surface area contributed by atoms with Crippen molar-refractivity contribution in [3.05, 3.63) is 76.9 Å². The first-order valence-electron chi connectivity index (χ1n) is 20.6. The molecule has 0 saturated carbocycles. The van der Waals surface area contributed by atoms with Crippen LogP contribution in [0.25, 0.3) is 11.1 Å². The molecule has 4 rings (SSSR count). The Kier molecular flexibility index (Phi) is 18.9. The van der Waals surface area contributed by atoms with Gasteiger partial charge in [-0.3, -0.25) is 24.0 Å². The lowest BCUT2D eigenvalue weighted by molar-refractivity contribution is -0.139. The maximum Gasteiger partial charge on any atom is 0.264 e. The molecular weight excluding hydrogens is 807 g/mol. The number of hydrogen-bond acceptors (Lipinski definition) is 11. The summed E-state index contributed by atoms with van der Waals surface area (Å²) in [6, 6.07) is 11.6. The van der Waals surface area contributed by atoms with Gasteiger partial charge in [0.15, 0.2) is 0 Å². The highest BCUT2D eigenvalue weighted by atomic mass is 19.3.